The second kappa shape index (κ2) is 5.68. The summed E-state index contributed by atoms with van der Waals surface area (Å²) in [6.07, 6.45) is 4.87. The third-order valence-electron chi connectivity index (χ3n) is 3.69. The van der Waals surface area contributed by atoms with Crippen molar-refractivity contribution in [3.05, 3.63) is 35.1 Å². The van der Waals surface area contributed by atoms with Crippen molar-refractivity contribution in [3.8, 4) is 0 Å². The topological polar surface area (TPSA) is 60.2 Å². The zero-order valence-electron chi connectivity index (χ0n) is 11.5. The van der Waals surface area contributed by atoms with E-state index in [0.29, 0.717) is 10.9 Å². The summed E-state index contributed by atoms with van der Waals surface area (Å²) < 4.78 is 7.05. The van der Waals surface area contributed by atoms with Gasteiger partial charge in [-0.3, -0.25) is 19.2 Å². The Bertz CT molecular complexity index is 649. The largest absolute Gasteiger partial charge is 0.379 e. The van der Waals surface area contributed by atoms with E-state index in [1.807, 2.05) is 6.92 Å². The van der Waals surface area contributed by atoms with Crippen molar-refractivity contribution < 1.29 is 4.74 Å². The van der Waals surface area contributed by atoms with Gasteiger partial charge in [0.25, 0.3) is 5.56 Å². The van der Waals surface area contributed by atoms with Crippen LogP contribution in [0.4, 0.5) is 0 Å². The number of hydrogen-bond donors (Lipinski definition) is 0. The lowest BCUT2D eigenvalue weighted by Gasteiger charge is -2.29. The van der Waals surface area contributed by atoms with Gasteiger partial charge < -0.3 is 4.74 Å². The van der Waals surface area contributed by atoms with E-state index in [0.717, 1.165) is 32.8 Å². The molecule has 6 heteroatoms. The van der Waals surface area contributed by atoms with Gasteiger partial charge in [0.2, 0.25) is 0 Å². The van der Waals surface area contributed by atoms with Crippen molar-refractivity contribution in [2.45, 2.75) is 13.0 Å². The molecular formula is C14H18N4O2. The molecule has 1 fully saturated rings. The molecule has 1 saturated heterocycles. The van der Waals surface area contributed by atoms with Crippen LogP contribution in [0.3, 0.4) is 0 Å². The maximum Gasteiger partial charge on any atom is 0.261 e. The van der Waals surface area contributed by atoms with Crippen LogP contribution < -0.4 is 5.56 Å². The molecule has 106 valence electrons. The second-order valence-electron chi connectivity index (χ2n) is 5.11. The van der Waals surface area contributed by atoms with E-state index in [1.165, 1.54) is 0 Å². The molecule has 2 aromatic heterocycles. The van der Waals surface area contributed by atoms with Gasteiger partial charge in [0.15, 0.2) is 0 Å². The SMILES string of the molecule is CC(CN1CCOCC1)n1cnc2cnccc2c1=O. The normalized spacial score (nSPS) is 18.2. The van der Waals surface area contributed by atoms with Crippen LogP contribution in [0.25, 0.3) is 10.9 Å². The molecule has 1 unspecified atom stereocenters. The average Bonchev–Trinajstić information content (AvgIpc) is 2.49. The van der Waals surface area contributed by atoms with Gasteiger partial charge in [-0.1, -0.05) is 0 Å². The van der Waals surface area contributed by atoms with Crippen LogP contribution in [-0.2, 0) is 4.74 Å². The van der Waals surface area contributed by atoms with Crippen molar-refractivity contribution in [2.75, 3.05) is 32.8 Å². The summed E-state index contributed by atoms with van der Waals surface area (Å²) >= 11 is 0. The fourth-order valence-electron chi connectivity index (χ4n) is 2.55. The van der Waals surface area contributed by atoms with E-state index in [1.54, 1.807) is 29.4 Å². The summed E-state index contributed by atoms with van der Waals surface area (Å²) in [7, 11) is 0. The fraction of sp³-hybridized carbons (Fsp3) is 0.500. The molecule has 0 radical (unpaired) electrons. The smallest absolute Gasteiger partial charge is 0.261 e. The van der Waals surface area contributed by atoms with E-state index >= 15 is 0 Å². The highest BCUT2D eigenvalue weighted by Crippen LogP contribution is 2.09. The third-order valence-corrected chi connectivity index (χ3v) is 3.69. The molecule has 0 aliphatic carbocycles. The molecule has 1 atom stereocenters. The number of nitrogens with zero attached hydrogens (tertiary/aromatic N) is 4. The summed E-state index contributed by atoms with van der Waals surface area (Å²) in [4.78, 5) is 23.1. The van der Waals surface area contributed by atoms with Crippen molar-refractivity contribution in [1.82, 2.24) is 19.4 Å². The summed E-state index contributed by atoms with van der Waals surface area (Å²) in [5, 5.41) is 0.622. The molecule has 0 amide bonds. The fourth-order valence-corrected chi connectivity index (χ4v) is 2.55. The molecule has 20 heavy (non-hydrogen) atoms. The molecule has 1 aliphatic rings. The molecule has 0 aromatic carbocycles. The number of ether oxygens (including phenoxy) is 1. The summed E-state index contributed by atoms with van der Waals surface area (Å²) in [5.41, 5.74) is 0.644. The molecule has 3 rings (SSSR count). The highest BCUT2D eigenvalue weighted by Gasteiger charge is 2.16. The summed E-state index contributed by atoms with van der Waals surface area (Å²) in [6.45, 7) is 6.26. The van der Waals surface area contributed by atoms with E-state index < -0.39 is 0 Å². The monoisotopic (exact) mass is 274 g/mol. The first-order chi connectivity index (χ1) is 9.75. The lowest BCUT2D eigenvalue weighted by molar-refractivity contribution is 0.0323. The zero-order valence-corrected chi connectivity index (χ0v) is 11.5. The van der Waals surface area contributed by atoms with Gasteiger partial charge in [-0.05, 0) is 13.0 Å². The molecule has 0 saturated carbocycles. The van der Waals surface area contributed by atoms with E-state index in [-0.39, 0.29) is 11.6 Å². The van der Waals surface area contributed by atoms with Crippen molar-refractivity contribution in [3.63, 3.8) is 0 Å². The van der Waals surface area contributed by atoms with Gasteiger partial charge in [-0.2, -0.15) is 0 Å². The summed E-state index contributed by atoms with van der Waals surface area (Å²) in [6, 6.07) is 1.81. The van der Waals surface area contributed by atoms with E-state index in [2.05, 4.69) is 14.9 Å². The van der Waals surface area contributed by atoms with Crippen LogP contribution in [-0.4, -0.2) is 52.3 Å². The predicted molar refractivity (Wildman–Crippen MR) is 75.8 cm³/mol. The maximum absolute atomic E-state index is 12.5. The van der Waals surface area contributed by atoms with E-state index in [9.17, 15) is 4.79 Å². The minimum atomic E-state index is -0.00170. The Morgan fingerprint density at radius 3 is 3.00 bits per heavy atom. The van der Waals surface area contributed by atoms with Gasteiger partial charge in [0.1, 0.15) is 0 Å². The van der Waals surface area contributed by atoms with E-state index in [4.69, 9.17) is 4.74 Å². The molecule has 3 heterocycles. The highest BCUT2D eigenvalue weighted by atomic mass is 16.5. The Kier molecular flexibility index (Phi) is 3.75. The molecule has 0 spiro atoms. The van der Waals surface area contributed by atoms with Crippen LogP contribution in [0.2, 0.25) is 0 Å². The first-order valence-electron chi connectivity index (χ1n) is 6.86. The third kappa shape index (κ3) is 2.57. The number of aromatic nitrogens is 3. The van der Waals surface area contributed by atoms with Gasteiger partial charge >= 0.3 is 0 Å². The number of morpholine rings is 1. The van der Waals surface area contributed by atoms with Crippen LogP contribution in [0.5, 0.6) is 0 Å². The van der Waals surface area contributed by atoms with Crippen LogP contribution in [0.1, 0.15) is 13.0 Å². The molecule has 2 aromatic rings. The molecule has 6 nitrogen and oxygen atoms in total. The Labute approximate surface area is 117 Å². The van der Waals surface area contributed by atoms with Crippen LogP contribution in [0, 0.1) is 0 Å². The molecule has 0 N–H and O–H groups in total. The van der Waals surface area contributed by atoms with Crippen molar-refractivity contribution in [1.29, 1.82) is 0 Å². The number of fused-ring (bicyclic) bond motifs is 1. The predicted octanol–water partition coefficient (Wildman–Crippen LogP) is 0.685. The first kappa shape index (κ1) is 13.2. The lowest BCUT2D eigenvalue weighted by Crippen LogP contribution is -2.40. The zero-order chi connectivity index (χ0) is 13.9. The number of rotatable bonds is 3. The van der Waals surface area contributed by atoms with Crippen LogP contribution in [0.15, 0.2) is 29.6 Å². The Hall–Kier alpha value is -1.79. The first-order valence-corrected chi connectivity index (χ1v) is 6.86. The molecule has 1 aliphatic heterocycles. The van der Waals surface area contributed by atoms with Gasteiger partial charge in [-0.25, -0.2) is 4.98 Å². The Morgan fingerprint density at radius 1 is 1.40 bits per heavy atom. The van der Waals surface area contributed by atoms with Crippen molar-refractivity contribution in [2.24, 2.45) is 0 Å². The second-order valence-corrected chi connectivity index (χ2v) is 5.11. The minimum Gasteiger partial charge on any atom is -0.379 e. The Morgan fingerprint density at radius 2 is 2.20 bits per heavy atom. The highest BCUT2D eigenvalue weighted by molar-refractivity contribution is 5.75. The van der Waals surface area contributed by atoms with Crippen LogP contribution >= 0.6 is 0 Å². The quantitative estimate of drug-likeness (QED) is 0.824. The summed E-state index contributed by atoms with van der Waals surface area (Å²) in [5.74, 6) is 0. The average molecular weight is 274 g/mol. The molecule has 0 bridgehead atoms. The van der Waals surface area contributed by atoms with Gasteiger partial charge in [0, 0.05) is 31.9 Å². The van der Waals surface area contributed by atoms with Crippen molar-refractivity contribution >= 4 is 10.9 Å². The van der Waals surface area contributed by atoms with Gasteiger partial charge in [-0.15, -0.1) is 0 Å². The molecular weight excluding hydrogens is 256 g/mol. The standard InChI is InChI=1S/C14H18N4O2/c1-11(9-17-4-6-20-7-5-17)18-10-16-13-8-15-3-2-12(13)14(18)19/h2-3,8,10-11H,4-7,9H2,1H3. The van der Waals surface area contributed by atoms with Gasteiger partial charge in [0.05, 0.1) is 36.6 Å². The number of hydrogen-bond acceptors (Lipinski definition) is 5. The Balaban J connectivity index is 1.85. The number of pyridine rings is 1. The lowest BCUT2D eigenvalue weighted by atomic mass is 10.2. The maximum atomic E-state index is 12.5. The minimum absolute atomic E-state index is 0.00170.